The summed E-state index contributed by atoms with van der Waals surface area (Å²) in [5, 5.41) is 30.1. The fourth-order valence-corrected chi connectivity index (χ4v) is 5.09. The fourth-order valence-electron chi connectivity index (χ4n) is 4.72. The maximum absolute atomic E-state index is 13.6. The molecule has 2 heterocycles. The van der Waals surface area contributed by atoms with Crippen LogP contribution >= 0.6 is 0 Å². The Bertz CT molecular complexity index is 1570. The second-order valence-electron chi connectivity index (χ2n) is 9.76. The minimum Gasteiger partial charge on any atom is -0.534 e. The molecule has 16 nitrogen and oxygen atoms in total. The van der Waals surface area contributed by atoms with Crippen LogP contribution in [-0.4, -0.2) is 90.8 Å². The van der Waals surface area contributed by atoms with Crippen LogP contribution in [0.25, 0.3) is 0 Å². The third-order valence-electron chi connectivity index (χ3n) is 6.90. The van der Waals surface area contributed by atoms with E-state index in [9.17, 15) is 42.5 Å². The summed E-state index contributed by atoms with van der Waals surface area (Å²) in [6.45, 7) is 1.70. The van der Waals surface area contributed by atoms with E-state index in [1.165, 1.54) is 35.2 Å². The number of imide groups is 1. The molecule has 2 aromatic carbocycles. The van der Waals surface area contributed by atoms with Crippen LogP contribution in [0.15, 0.2) is 42.5 Å². The summed E-state index contributed by atoms with van der Waals surface area (Å²) in [5.41, 5.74) is 0.784. The predicted molar refractivity (Wildman–Crippen MR) is 149 cm³/mol. The minimum atomic E-state index is -4.04. The summed E-state index contributed by atoms with van der Waals surface area (Å²) in [4.78, 5) is 65.3. The Morgan fingerprint density at radius 3 is 2.53 bits per heavy atom. The van der Waals surface area contributed by atoms with Crippen molar-refractivity contribution in [2.24, 2.45) is 5.14 Å². The number of urea groups is 1. The summed E-state index contributed by atoms with van der Waals surface area (Å²) in [6.07, 6.45) is -0.0195. The van der Waals surface area contributed by atoms with Crippen LogP contribution in [0.3, 0.4) is 0 Å². The molecular weight excluding hydrogens is 587 g/mol. The van der Waals surface area contributed by atoms with Gasteiger partial charge in [-0.05, 0) is 36.1 Å². The van der Waals surface area contributed by atoms with E-state index in [0.29, 0.717) is 16.0 Å². The van der Waals surface area contributed by atoms with Gasteiger partial charge in [0, 0.05) is 26.2 Å². The number of piperazine rings is 1. The molecule has 1 saturated heterocycles. The SMILES string of the molecule is CCN1CCN(C(=O)NC(C(=O)N[C@H]2Cc3cccc(C(=O)O)c3OB2O)c2cccc(CNS(N)(=O)=O)c2)C(=O)C1=O. The Balaban J connectivity index is 1.60. The van der Waals surface area contributed by atoms with Gasteiger partial charge in [0.15, 0.2) is 0 Å². The summed E-state index contributed by atoms with van der Waals surface area (Å²) in [7, 11) is -5.69. The molecule has 4 rings (SSSR count). The molecule has 228 valence electrons. The zero-order valence-corrected chi connectivity index (χ0v) is 23.7. The second kappa shape index (κ2) is 12.8. The zero-order chi connectivity index (χ0) is 31.5. The lowest BCUT2D eigenvalue weighted by Gasteiger charge is -2.33. The summed E-state index contributed by atoms with van der Waals surface area (Å²) >= 11 is 0. The highest BCUT2D eigenvalue weighted by Crippen LogP contribution is 2.30. The number of rotatable bonds is 9. The number of likely N-dealkylation sites (N-methyl/N-ethyl adjacent to an activating group) is 1. The number of benzene rings is 2. The van der Waals surface area contributed by atoms with Crippen molar-refractivity contribution in [3.63, 3.8) is 0 Å². The molecule has 18 heteroatoms. The minimum absolute atomic E-state index is 0.0195. The molecule has 43 heavy (non-hydrogen) atoms. The molecule has 0 spiro atoms. The van der Waals surface area contributed by atoms with Gasteiger partial charge in [-0.15, -0.1) is 0 Å². The normalized spacial score (nSPS) is 17.6. The van der Waals surface area contributed by atoms with Crippen molar-refractivity contribution in [1.29, 1.82) is 0 Å². The first kappa shape index (κ1) is 31.4. The van der Waals surface area contributed by atoms with Gasteiger partial charge < -0.3 is 30.3 Å². The third-order valence-corrected chi connectivity index (χ3v) is 7.45. The second-order valence-corrected chi connectivity index (χ2v) is 11.1. The molecule has 0 aromatic heterocycles. The van der Waals surface area contributed by atoms with E-state index >= 15 is 0 Å². The van der Waals surface area contributed by atoms with Crippen molar-refractivity contribution in [3.8, 4) is 5.75 Å². The summed E-state index contributed by atoms with van der Waals surface area (Å²) in [6, 6.07) is 7.78. The van der Waals surface area contributed by atoms with Crippen LogP contribution in [0.4, 0.5) is 4.79 Å². The van der Waals surface area contributed by atoms with Crippen LogP contribution in [-0.2, 0) is 37.6 Å². The maximum Gasteiger partial charge on any atom is 0.547 e. The average molecular weight is 616 g/mol. The van der Waals surface area contributed by atoms with E-state index < -0.39 is 59.0 Å². The predicted octanol–water partition coefficient (Wildman–Crippen LogP) is -1.74. The maximum atomic E-state index is 13.6. The highest BCUT2D eigenvalue weighted by atomic mass is 32.2. The Kier molecular flexibility index (Phi) is 9.34. The Labute approximate surface area is 246 Å². The number of fused-ring (bicyclic) bond motifs is 1. The first-order valence-electron chi connectivity index (χ1n) is 13.1. The highest BCUT2D eigenvalue weighted by Gasteiger charge is 2.41. The van der Waals surface area contributed by atoms with Gasteiger partial charge in [-0.3, -0.25) is 19.3 Å². The molecule has 2 aliphatic heterocycles. The van der Waals surface area contributed by atoms with Gasteiger partial charge in [-0.25, -0.2) is 14.7 Å². The van der Waals surface area contributed by atoms with Gasteiger partial charge in [0.1, 0.15) is 11.8 Å². The third kappa shape index (κ3) is 7.29. The number of para-hydroxylation sites is 1. The van der Waals surface area contributed by atoms with Crippen molar-refractivity contribution in [1.82, 2.24) is 25.2 Å². The highest BCUT2D eigenvalue weighted by molar-refractivity contribution is 7.87. The molecular formula is C25H29BN6O10S. The standard InChI is InChI=1S/C25H29BN6O10S/c1-2-31-9-10-32(23(35)22(31)34)25(38)30-19(15-6-3-5-14(11-15)13-28-43(27,40)41)21(33)29-18-12-16-7-4-8-17(24(36)37)20(16)42-26(18)39/h3-8,11,18-19,28,39H,2,9-10,12-13H2,1H3,(H,29,33)(H,30,38)(H,36,37)(H2,27,40,41)/t18-,19?/m0/s1. The molecule has 0 saturated carbocycles. The van der Waals surface area contributed by atoms with Crippen molar-refractivity contribution in [2.75, 3.05) is 19.6 Å². The average Bonchev–Trinajstić information content (AvgIpc) is 2.95. The van der Waals surface area contributed by atoms with Crippen LogP contribution in [0.5, 0.6) is 5.75 Å². The van der Waals surface area contributed by atoms with Crippen LogP contribution in [0, 0.1) is 0 Å². The number of amides is 5. The molecule has 5 amide bonds. The fraction of sp³-hybridized carbons (Fsp3) is 0.320. The largest absolute Gasteiger partial charge is 0.547 e. The van der Waals surface area contributed by atoms with Crippen molar-refractivity contribution >= 4 is 47.0 Å². The molecule has 7 N–H and O–H groups in total. The van der Waals surface area contributed by atoms with Crippen molar-refractivity contribution in [2.45, 2.75) is 31.9 Å². The number of carboxylic acids is 1. The Hall–Kier alpha value is -4.52. The van der Waals surface area contributed by atoms with Gasteiger partial charge >= 0.3 is 30.9 Å². The van der Waals surface area contributed by atoms with Gasteiger partial charge in [0.05, 0.1) is 11.5 Å². The van der Waals surface area contributed by atoms with Crippen molar-refractivity contribution in [3.05, 3.63) is 64.7 Å². The van der Waals surface area contributed by atoms with E-state index in [2.05, 4.69) is 15.4 Å². The molecule has 1 unspecified atom stereocenters. The van der Waals surface area contributed by atoms with E-state index in [1.807, 2.05) is 0 Å². The summed E-state index contributed by atoms with van der Waals surface area (Å²) < 4.78 is 30.3. The number of nitrogens with one attached hydrogen (secondary N) is 3. The van der Waals surface area contributed by atoms with E-state index in [-0.39, 0.29) is 49.5 Å². The zero-order valence-electron chi connectivity index (χ0n) is 22.8. The topological polar surface area (TPSA) is 238 Å². The number of hydrogen-bond donors (Lipinski definition) is 6. The number of aromatic carboxylic acids is 1. The lowest BCUT2D eigenvalue weighted by atomic mass is 9.72. The molecule has 0 bridgehead atoms. The Morgan fingerprint density at radius 2 is 1.86 bits per heavy atom. The molecule has 2 aliphatic rings. The van der Waals surface area contributed by atoms with Crippen LogP contribution in [0.2, 0.25) is 0 Å². The first-order valence-corrected chi connectivity index (χ1v) is 14.6. The number of nitrogens with two attached hydrogens (primary N) is 1. The quantitative estimate of drug-likeness (QED) is 0.137. The number of carboxylic acid groups (broad SMARTS) is 1. The molecule has 0 aliphatic carbocycles. The lowest BCUT2D eigenvalue weighted by Crippen LogP contribution is -2.60. The Morgan fingerprint density at radius 1 is 1.14 bits per heavy atom. The van der Waals surface area contributed by atoms with Gasteiger partial charge in [0.2, 0.25) is 5.91 Å². The van der Waals surface area contributed by atoms with Gasteiger partial charge in [0.25, 0.3) is 10.2 Å². The molecule has 0 radical (unpaired) electrons. The monoisotopic (exact) mass is 616 g/mol. The number of carbonyl (C=O) groups excluding carboxylic acids is 4. The lowest BCUT2D eigenvalue weighted by molar-refractivity contribution is -0.153. The molecule has 2 atom stereocenters. The van der Waals surface area contributed by atoms with Gasteiger partial charge in [-0.2, -0.15) is 13.1 Å². The summed E-state index contributed by atoms with van der Waals surface area (Å²) in [5.74, 6) is -5.17. The van der Waals surface area contributed by atoms with Crippen molar-refractivity contribution < 1.29 is 47.2 Å². The smallest absolute Gasteiger partial charge is 0.534 e. The first-order chi connectivity index (χ1) is 20.3. The van der Waals surface area contributed by atoms with Crippen LogP contribution in [0.1, 0.15) is 40.0 Å². The molecule has 2 aromatic rings. The van der Waals surface area contributed by atoms with Gasteiger partial charge in [-0.1, -0.05) is 36.4 Å². The van der Waals surface area contributed by atoms with E-state index in [1.54, 1.807) is 19.1 Å². The number of hydrogen-bond acceptors (Lipinski definition) is 9. The number of carbonyl (C=O) groups is 5. The van der Waals surface area contributed by atoms with E-state index in [0.717, 1.165) is 0 Å². The van der Waals surface area contributed by atoms with E-state index in [4.69, 9.17) is 9.79 Å². The van der Waals surface area contributed by atoms with Crippen LogP contribution < -0.4 is 25.1 Å². The molecule has 1 fully saturated rings. The number of nitrogens with zero attached hydrogens (tertiary/aromatic N) is 2.